The molecule has 0 fully saturated rings. The summed E-state index contributed by atoms with van der Waals surface area (Å²) in [6.07, 6.45) is 3.34. The van der Waals surface area contributed by atoms with Crippen LogP contribution in [0.1, 0.15) is 11.4 Å². The maximum atomic E-state index is 4.83. The van der Waals surface area contributed by atoms with Gasteiger partial charge in [-0.2, -0.15) is 0 Å². The van der Waals surface area contributed by atoms with Crippen molar-refractivity contribution < 1.29 is 0 Å². The highest BCUT2D eigenvalue weighted by Crippen LogP contribution is 2.29. The van der Waals surface area contributed by atoms with E-state index >= 15 is 0 Å². The quantitative estimate of drug-likeness (QED) is 0.393. The van der Waals surface area contributed by atoms with Crippen LogP contribution in [0.4, 0.5) is 0 Å². The summed E-state index contributed by atoms with van der Waals surface area (Å²) in [6, 6.07) is 23.5. The van der Waals surface area contributed by atoms with Crippen LogP contribution in [-0.4, -0.2) is 29.9 Å². The van der Waals surface area contributed by atoms with Gasteiger partial charge in [-0.3, -0.25) is 19.9 Å². The smallest absolute Gasteiger partial charge is 0.116 e. The van der Waals surface area contributed by atoms with Gasteiger partial charge in [0, 0.05) is 23.8 Å². The molecule has 32 heavy (non-hydrogen) atoms. The summed E-state index contributed by atoms with van der Waals surface area (Å²) in [4.78, 5) is 28.0. The highest BCUT2D eigenvalue weighted by molar-refractivity contribution is 5.76. The zero-order chi connectivity index (χ0) is 21.9. The van der Waals surface area contributed by atoms with Gasteiger partial charge in [0.05, 0.1) is 34.2 Å². The van der Waals surface area contributed by atoms with Gasteiger partial charge in [-0.05, 0) is 62.4 Å². The second kappa shape index (κ2) is 8.43. The molecule has 0 aliphatic carbocycles. The number of nitrogens with zero attached hydrogens (tertiary/aromatic N) is 6. The molecule has 5 aromatic heterocycles. The molecule has 0 unspecified atom stereocenters. The maximum absolute atomic E-state index is 4.83. The Morgan fingerprint density at radius 2 is 0.750 bits per heavy atom. The Labute approximate surface area is 186 Å². The molecule has 0 N–H and O–H groups in total. The normalized spacial score (nSPS) is 10.8. The van der Waals surface area contributed by atoms with Crippen molar-refractivity contribution in [2.75, 3.05) is 0 Å². The van der Waals surface area contributed by atoms with Crippen molar-refractivity contribution in [3.63, 3.8) is 0 Å². The number of rotatable bonds is 4. The second-order valence-corrected chi connectivity index (χ2v) is 7.40. The molecule has 5 heterocycles. The van der Waals surface area contributed by atoms with Gasteiger partial charge < -0.3 is 0 Å². The first-order valence-electron chi connectivity index (χ1n) is 10.3. The summed E-state index contributed by atoms with van der Waals surface area (Å²) in [6.45, 7) is 3.94. The van der Waals surface area contributed by atoms with Crippen LogP contribution in [0.3, 0.4) is 0 Å². The van der Waals surface area contributed by atoms with E-state index in [0.717, 1.165) is 45.6 Å². The average Bonchev–Trinajstić information content (AvgIpc) is 2.84. The minimum absolute atomic E-state index is 0.670. The van der Waals surface area contributed by atoms with E-state index in [4.69, 9.17) is 9.97 Å². The SMILES string of the molecule is Cc1cccc(-c2cccc(-c3nccnc3-c3cccc(-c4cccc(C)n4)n3)n2)n1. The van der Waals surface area contributed by atoms with Gasteiger partial charge in [0.1, 0.15) is 11.4 Å². The summed E-state index contributed by atoms with van der Waals surface area (Å²) in [7, 11) is 0. The van der Waals surface area contributed by atoms with Crippen LogP contribution in [0.25, 0.3) is 45.6 Å². The summed E-state index contributed by atoms with van der Waals surface area (Å²) < 4.78 is 0. The third-order valence-corrected chi connectivity index (χ3v) is 4.98. The zero-order valence-electron chi connectivity index (χ0n) is 17.8. The van der Waals surface area contributed by atoms with Crippen LogP contribution in [-0.2, 0) is 0 Å². The summed E-state index contributed by atoms with van der Waals surface area (Å²) in [5.74, 6) is 0. The Balaban J connectivity index is 1.59. The molecule has 0 aromatic carbocycles. The lowest BCUT2D eigenvalue weighted by molar-refractivity contribution is 1.14. The molecule has 5 aromatic rings. The Morgan fingerprint density at radius 1 is 0.406 bits per heavy atom. The summed E-state index contributed by atoms with van der Waals surface area (Å²) in [5.41, 5.74) is 7.88. The molecule has 154 valence electrons. The van der Waals surface area contributed by atoms with Crippen LogP contribution in [0.5, 0.6) is 0 Å². The lowest BCUT2D eigenvalue weighted by Gasteiger charge is -2.09. The minimum atomic E-state index is 0.670. The predicted octanol–water partition coefficient (Wildman–Crippen LogP) is 5.34. The van der Waals surface area contributed by atoms with Gasteiger partial charge in [0.2, 0.25) is 0 Å². The van der Waals surface area contributed by atoms with Crippen LogP contribution in [0.2, 0.25) is 0 Å². The fourth-order valence-electron chi connectivity index (χ4n) is 3.50. The predicted molar refractivity (Wildman–Crippen MR) is 124 cm³/mol. The Hall–Kier alpha value is -4.32. The second-order valence-electron chi connectivity index (χ2n) is 7.40. The van der Waals surface area contributed by atoms with Crippen molar-refractivity contribution in [3.8, 4) is 45.6 Å². The van der Waals surface area contributed by atoms with E-state index in [1.54, 1.807) is 12.4 Å². The van der Waals surface area contributed by atoms with Crippen molar-refractivity contribution >= 4 is 0 Å². The van der Waals surface area contributed by atoms with Crippen molar-refractivity contribution in [3.05, 3.63) is 96.6 Å². The zero-order valence-corrected chi connectivity index (χ0v) is 17.8. The minimum Gasteiger partial charge on any atom is -0.251 e. The van der Waals surface area contributed by atoms with E-state index in [1.165, 1.54) is 0 Å². The first kappa shape index (κ1) is 19.6. The molecule has 0 saturated carbocycles. The maximum Gasteiger partial charge on any atom is 0.116 e. The van der Waals surface area contributed by atoms with E-state index in [9.17, 15) is 0 Å². The summed E-state index contributed by atoms with van der Waals surface area (Å²) in [5, 5.41) is 0. The van der Waals surface area contributed by atoms with Gasteiger partial charge >= 0.3 is 0 Å². The lowest BCUT2D eigenvalue weighted by atomic mass is 10.1. The molecule has 0 aliphatic heterocycles. The van der Waals surface area contributed by atoms with Crippen molar-refractivity contribution in [2.24, 2.45) is 0 Å². The Morgan fingerprint density at radius 3 is 1.16 bits per heavy atom. The molecule has 5 rings (SSSR count). The van der Waals surface area contributed by atoms with Gasteiger partial charge in [-0.15, -0.1) is 0 Å². The molecule has 0 bridgehead atoms. The van der Waals surface area contributed by atoms with Gasteiger partial charge in [0.15, 0.2) is 0 Å². The molecular formula is C26H20N6. The molecule has 6 nitrogen and oxygen atoms in total. The Kier molecular flexibility index (Phi) is 5.17. The molecule has 0 amide bonds. The first-order valence-corrected chi connectivity index (χ1v) is 10.3. The molecule has 0 aliphatic rings. The van der Waals surface area contributed by atoms with E-state index in [2.05, 4.69) is 19.9 Å². The number of aromatic nitrogens is 6. The molecule has 0 atom stereocenters. The molecule has 0 radical (unpaired) electrons. The fraction of sp³-hybridized carbons (Fsp3) is 0.0769. The number of hydrogen-bond donors (Lipinski definition) is 0. The van der Waals surface area contributed by atoms with Gasteiger partial charge in [-0.25, -0.2) is 9.97 Å². The van der Waals surface area contributed by atoms with E-state index in [1.807, 2.05) is 86.6 Å². The van der Waals surface area contributed by atoms with E-state index < -0.39 is 0 Å². The first-order chi connectivity index (χ1) is 15.7. The highest BCUT2D eigenvalue weighted by Gasteiger charge is 2.15. The third kappa shape index (κ3) is 3.98. The molecule has 0 saturated heterocycles. The Bertz CT molecular complexity index is 1310. The monoisotopic (exact) mass is 416 g/mol. The van der Waals surface area contributed by atoms with Crippen LogP contribution < -0.4 is 0 Å². The topological polar surface area (TPSA) is 77.3 Å². The fourth-order valence-corrected chi connectivity index (χ4v) is 3.50. The average molecular weight is 416 g/mol. The van der Waals surface area contributed by atoms with Gasteiger partial charge in [0.25, 0.3) is 0 Å². The number of hydrogen-bond acceptors (Lipinski definition) is 6. The number of pyridine rings is 4. The standard InChI is InChI=1S/C26H20N6/c1-17-7-3-9-19(29-17)21-11-5-13-23(31-21)25-26(28-16-15-27-25)24-14-6-12-22(32-24)20-10-4-8-18(2)30-20/h3-16H,1-2H3. The van der Waals surface area contributed by atoms with Gasteiger partial charge in [-0.1, -0.05) is 24.3 Å². The molecule has 6 heteroatoms. The van der Waals surface area contributed by atoms with Crippen molar-refractivity contribution in [2.45, 2.75) is 13.8 Å². The highest BCUT2D eigenvalue weighted by atomic mass is 14.9. The molecular weight excluding hydrogens is 396 g/mol. The number of aryl methyl sites for hydroxylation is 2. The van der Waals surface area contributed by atoms with E-state index in [-0.39, 0.29) is 0 Å². The van der Waals surface area contributed by atoms with Crippen LogP contribution in [0.15, 0.2) is 85.2 Å². The van der Waals surface area contributed by atoms with Crippen molar-refractivity contribution in [1.82, 2.24) is 29.9 Å². The van der Waals surface area contributed by atoms with Crippen LogP contribution >= 0.6 is 0 Å². The van der Waals surface area contributed by atoms with E-state index in [0.29, 0.717) is 11.4 Å². The summed E-state index contributed by atoms with van der Waals surface area (Å²) >= 11 is 0. The third-order valence-electron chi connectivity index (χ3n) is 4.98. The molecule has 0 spiro atoms. The van der Waals surface area contributed by atoms with Crippen LogP contribution in [0, 0.1) is 13.8 Å². The van der Waals surface area contributed by atoms with Crippen molar-refractivity contribution in [1.29, 1.82) is 0 Å². The largest absolute Gasteiger partial charge is 0.251 e. The lowest BCUT2D eigenvalue weighted by Crippen LogP contribution is -1.98.